The number of piperazine rings is 1. The molecule has 0 atom stereocenters. The number of nitrogens with zero attached hydrogens (tertiary/aromatic N) is 2. The standard InChI is InChI=1S/C15H20N4O2/c1-18-6-8-19(9-7-18)17-15(21)12-2-4-13-11(10-12)3-5-14(20)16-13/h2,4,10H,3,5-9H2,1H3,(H,16,20)(H,17,21). The van der Waals surface area contributed by atoms with Crippen LogP contribution >= 0.6 is 0 Å². The van der Waals surface area contributed by atoms with Gasteiger partial charge in [0.25, 0.3) is 5.91 Å². The van der Waals surface area contributed by atoms with Crippen LogP contribution in [0.2, 0.25) is 0 Å². The molecule has 0 aromatic heterocycles. The van der Waals surface area contributed by atoms with Gasteiger partial charge in [0, 0.05) is 43.9 Å². The molecule has 2 aliphatic heterocycles. The molecule has 112 valence electrons. The average Bonchev–Trinajstić information content (AvgIpc) is 2.49. The van der Waals surface area contributed by atoms with Crippen LogP contribution in [0.25, 0.3) is 0 Å². The minimum atomic E-state index is -0.0840. The van der Waals surface area contributed by atoms with Crippen molar-refractivity contribution in [1.82, 2.24) is 15.3 Å². The Morgan fingerprint density at radius 1 is 1.19 bits per heavy atom. The second-order valence-electron chi connectivity index (χ2n) is 5.65. The second-order valence-corrected chi connectivity index (χ2v) is 5.65. The first-order valence-electron chi connectivity index (χ1n) is 7.29. The van der Waals surface area contributed by atoms with E-state index in [0.717, 1.165) is 37.4 Å². The number of likely N-dealkylation sites (N-methyl/N-ethyl adjacent to an activating group) is 1. The highest BCUT2D eigenvalue weighted by atomic mass is 16.2. The van der Waals surface area contributed by atoms with Gasteiger partial charge in [-0.2, -0.15) is 0 Å². The zero-order valence-electron chi connectivity index (χ0n) is 12.2. The Balaban J connectivity index is 1.66. The van der Waals surface area contributed by atoms with E-state index in [-0.39, 0.29) is 11.8 Å². The molecule has 3 rings (SSSR count). The molecule has 1 aromatic rings. The lowest BCUT2D eigenvalue weighted by atomic mass is 10.0. The van der Waals surface area contributed by atoms with Crippen molar-refractivity contribution in [1.29, 1.82) is 0 Å². The quantitative estimate of drug-likeness (QED) is 0.830. The van der Waals surface area contributed by atoms with Gasteiger partial charge in [-0.3, -0.25) is 15.0 Å². The van der Waals surface area contributed by atoms with Crippen molar-refractivity contribution in [2.75, 3.05) is 38.5 Å². The van der Waals surface area contributed by atoms with Gasteiger partial charge in [-0.25, -0.2) is 5.01 Å². The van der Waals surface area contributed by atoms with E-state index in [1.807, 2.05) is 17.1 Å². The van der Waals surface area contributed by atoms with Crippen LogP contribution in [-0.4, -0.2) is 54.9 Å². The van der Waals surface area contributed by atoms with Crippen LogP contribution in [0, 0.1) is 0 Å². The van der Waals surface area contributed by atoms with Gasteiger partial charge >= 0.3 is 0 Å². The molecule has 1 fully saturated rings. The molecule has 2 amide bonds. The maximum Gasteiger partial charge on any atom is 0.265 e. The minimum Gasteiger partial charge on any atom is -0.326 e. The zero-order chi connectivity index (χ0) is 14.8. The molecule has 0 radical (unpaired) electrons. The van der Waals surface area contributed by atoms with E-state index in [1.165, 1.54) is 0 Å². The zero-order valence-corrected chi connectivity index (χ0v) is 12.2. The van der Waals surface area contributed by atoms with Crippen molar-refractivity contribution in [3.05, 3.63) is 29.3 Å². The second kappa shape index (κ2) is 5.83. The lowest BCUT2D eigenvalue weighted by Gasteiger charge is -2.32. The van der Waals surface area contributed by atoms with E-state index in [2.05, 4.69) is 22.7 Å². The summed E-state index contributed by atoms with van der Waals surface area (Å²) in [5.74, 6) is -0.0450. The maximum atomic E-state index is 12.3. The number of anilines is 1. The van der Waals surface area contributed by atoms with Crippen LogP contribution in [0.4, 0.5) is 5.69 Å². The van der Waals surface area contributed by atoms with E-state index in [4.69, 9.17) is 0 Å². The third-order valence-corrected chi connectivity index (χ3v) is 4.03. The summed E-state index contributed by atoms with van der Waals surface area (Å²) in [5.41, 5.74) is 5.44. The molecule has 21 heavy (non-hydrogen) atoms. The molecule has 0 aliphatic carbocycles. The summed E-state index contributed by atoms with van der Waals surface area (Å²) in [6, 6.07) is 5.45. The fourth-order valence-electron chi connectivity index (χ4n) is 2.65. The largest absolute Gasteiger partial charge is 0.326 e. The number of carbonyl (C=O) groups is 2. The molecule has 2 heterocycles. The maximum absolute atomic E-state index is 12.3. The summed E-state index contributed by atoms with van der Waals surface area (Å²) in [4.78, 5) is 25.9. The summed E-state index contributed by atoms with van der Waals surface area (Å²) in [6.45, 7) is 3.58. The smallest absolute Gasteiger partial charge is 0.265 e. The van der Waals surface area contributed by atoms with Gasteiger partial charge in [-0.1, -0.05) is 0 Å². The van der Waals surface area contributed by atoms with E-state index in [9.17, 15) is 9.59 Å². The predicted molar refractivity (Wildman–Crippen MR) is 79.9 cm³/mol. The number of rotatable bonds is 2. The molecular formula is C15H20N4O2. The van der Waals surface area contributed by atoms with Gasteiger partial charge in [0.15, 0.2) is 0 Å². The van der Waals surface area contributed by atoms with Crippen molar-refractivity contribution >= 4 is 17.5 Å². The number of fused-ring (bicyclic) bond motifs is 1. The highest BCUT2D eigenvalue weighted by Gasteiger charge is 2.19. The molecule has 1 saturated heterocycles. The molecule has 2 N–H and O–H groups in total. The lowest BCUT2D eigenvalue weighted by molar-refractivity contribution is -0.116. The van der Waals surface area contributed by atoms with Crippen LogP contribution < -0.4 is 10.7 Å². The van der Waals surface area contributed by atoms with E-state index in [0.29, 0.717) is 18.4 Å². The predicted octanol–water partition coefficient (Wildman–Crippen LogP) is 0.463. The average molecular weight is 288 g/mol. The Hall–Kier alpha value is -1.92. The molecule has 0 spiro atoms. The summed E-state index contributed by atoms with van der Waals surface area (Å²) in [6.07, 6.45) is 1.17. The first-order chi connectivity index (χ1) is 10.1. The van der Waals surface area contributed by atoms with Crippen molar-refractivity contribution in [2.24, 2.45) is 0 Å². The summed E-state index contributed by atoms with van der Waals surface area (Å²) < 4.78 is 0. The summed E-state index contributed by atoms with van der Waals surface area (Å²) in [7, 11) is 2.08. The molecule has 6 heteroatoms. The number of nitrogens with one attached hydrogen (secondary N) is 2. The first-order valence-corrected chi connectivity index (χ1v) is 7.29. The fourth-order valence-corrected chi connectivity index (χ4v) is 2.65. The van der Waals surface area contributed by atoms with Gasteiger partial charge in [-0.05, 0) is 37.2 Å². The third kappa shape index (κ3) is 3.22. The van der Waals surface area contributed by atoms with Gasteiger partial charge in [-0.15, -0.1) is 0 Å². The Bertz CT molecular complexity index is 565. The van der Waals surface area contributed by atoms with Crippen LogP contribution in [-0.2, 0) is 11.2 Å². The topological polar surface area (TPSA) is 64.7 Å². The van der Waals surface area contributed by atoms with E-state index in [1.54, 1.807) is 6.07 Å². The number of benzene rings is 1. The lowest BCUT2D eigenvalue weighted by Crippen LogP contribution is -2.52. The molecule has 0 unspecified atom stereocenters. The summed E-state index contributed by atoms with van der Waals surface area (Å²) in [5, 5.41) is 4.79. The van der Waals surface area contributed by atoms with Gasteiger partial charge in [0.05, 0.1) is 0 Å². The number of hydrazine groups is 1. The number of hydrogen-bond acceptors (Lipinski definition) is 4. The molecule has 6 nitrogen and oxygen atoms in total. The monoisotopic (exact) mass is 288 g/mol. The highest BCUT2D eigenvalue weighted by molar-refractivity contribution is 5.97. The Morgan fingerprint density at radius 3 is 2.71 bits per heavy atom. The van der Waals surface area contributed by atoms with Crippen molar-refractivity contribution in [3.8, 4) is 0 Å². The number of hydrogen-bond donors (Lipinski definition) is 2. The van der Waals surface area contributed by atoms with Crippen LogP contribution in [0.5, 0.6) is 0 Å². The number of carbonyl (C=O) groups excluding carboxylic acids is 2. The van der Waals surface area contributed by atoms with Crippen molar-refractivity contribution in [2.45, 2.75) is 12.8 Å². The van der Waals surface area contributed by atoms with Gasteiger partial charge in [0.1, 0.15) is 0 Å². The first kappa shape index (κ1) is 14.0. The molecule has 1 aromatic carbocycles. The molecule has 2 aliphatic rings. The third-order valence-electron chi connectivity index (χ3n) is 4.03. The Kier molecular flexibility index (Phi) is 3.90. The highest BCUT2D eigenvalue weighted by Crippen LogP contribution is 2.23. The van der Waals surface area contributed by atoms with Gasteiger partial charge in [0.2, 0.25) is 5.91 Å². The minimum absolute atomic E-state index is 0.0390. The Morgan fingerprint density at radius 2 is 1.95 bits per heavy atom. The number of aryl methyl sites for hydroxylation is 1. The fraction of sp³-hybridized carbons (Fsp3) is 0.467. The van der Waals surface area contributed by atoms with Crippen molar-refractivity contribution < 1.29 is 9.59 Å². The van der Waals surface area contributed by atoms with Crippen LogP contribution in [0.1, 0.15) is 22.3 Å². The molecule has 0 saturated carbocycles. The molecular weight excluding hydrogens is 268 g/mol. The van der Waals surface area contributed by atoms with E-state index >= 15 is 0 Å². The SMILES string of the molecule is CN1CCN(NC(=O)c2ccc3c(c2)CCC(=O)N3)CC1. The Labute approximate surface area is 124 Å². The number of amides is 2. The van der Waals surface area contributed by atoms with Crippen LogP contribution in [0.15, 0.2) is 18.2 Å². The van der Waals surface area contributed by atoms with E-state index < -0.39 is 0 Å². The van der Waals surface area contributed by atoms with Crippen LogP contribution in [0.3, 0.4) is 0 Å². The summed E-state index contributed by atoms with van der Waals surface area (Å²) >= 11 is 0. The normalized spacial score (nSPS) is 19.8. The van der Waals surface area contributed by atoms with Crippen molar-refractivity contribution in [3.63, 3.8) is 0 Å². The molecule has 0 bridgehead atoms. The van der Waals surface area contributed by atoms with Gasteiger partial charge < -0.3 is 10.2 Å².